The molecule has 0 radical (unpaired) electrons. The van der Waals surface area contributed by atoms with Crippen molar-refractivity contribution in [2.45, 2.75) is 13.3 Å². The molecule has 0 saturated carbocycles. The van der Waals surface area contributed by atoms with Crippen LogP contribution in [0.5, 0.6) is 0 Å². The largest absolute Gasteiger partial charge is 0.481 e. The van der Waals surface area contributed by atoms with Gasteiger partial charge in [-0.2, -0.15) is 5.26 Å². The molecular weight excluding hydrogens is 194 g/mol. The molecule has 0 unspecified atom stereocenters. The van der Waals surface area contributed by atoms with Gasteiger partial charge >= 0.3 is 5.97 Å². The van der Waals surface area contributed by atoms with E-state index in [1.165, 1.54) is 0 Å². The van der Waals surface area contributed by atoms with E-state index in [2.05, 4.69) is 0 Å². The molecule has 0 heterocycles. The summed E-state index contributed by atoms with van der Waals surface area (Å²) < 4.78 is 0. The Morgan fingerprint density at radius 3 is 2.73 bits per heavy atom. The summed E-state index contributed by atoms with van der Waals surface area (Å²) in [6.45, 7) is 1.70. The summed E-state index contributed by atoms with van der Waals surface area (Å²) in [5.74, 6) is -1.02. The van der Waals surface area contributed by atoms with Gasteiger partial charge in [0.2, 0.25) is 0 Å². The first-order chi connectivity index (χ1) is 7.10. The third-order valence-electron chi connectivity index (χ3n) is 2.12. The van der Waals surface area contributed by atoms with Crippen LogP contribution in [0.25, 0.3) is 0 Å². The van der Waals surface area contributed by atoms with Crippen molar-refractivity contribution in [3.8, 4) is 6.07 Å². The molecule has 0 bridgehead atoms. The molecule has 1 aromatic carbocycles. The monoisotopic (exact) mass is 203 g/mol. The zero-order valence-electron chi connectivity index (χ0n) is 8.15. The fourth-order valence-electron chi connectivity index (χ4n) is 1.37. The zero-order valence-corrected chi connectivity index (χ0v) is 8.15. The van der Waals surface area contributed by atoms with Gasteiger partial charge in [0, 0.05) is 5.56 Å². The van der Waals surface area contributed by atoms with Crippen LogP contribution in [0.2, 0.25) is 0 Å². The molecule has 0 saturated heterocycles. The van der Waals surface area contributed by atoms with Gasteiger partial charge in [0.1, 0.15) is 6.07 Å². The number of rotatable bonds is 3. The number of benzene rings is 1. The lowest BCUT2D eigenvalue weighted by atomic mass is 9.96. The first-order valence-electron chi connectivity index (χ1n) is 4.29. The number of carboxylic acid groups (broad SMARTS) is 1. The average Bonchev–Trinajstić information content (AvgIpc) is 2.19. The van der Waals surface area contributed by atoms with E-state index >= 15 is 0 Å². The predicted octanol–water partition coefficient (Wildman–Crippen LogP) is 1.31. The Balaban J connectivity index is 3.36. The zero-order chi connectivity index (χ0) is 11.4. The Labute approximate surface area is 86.8 Å². The Morgan fingerprint density at radius 2 is 2.27 bits per heavy atom. The number of carbonyl (C=O) groups excluding carboxylic acids is 1. The second-order valence-corrected chi connectivity index (χ2v) is 3.13. The maximum absolute atomic E-state index is 10.8. The smallest absolute Gasteiger partial charge is 0.307 e. The molecule has 4 heteroatoms. The summed E-state index contributed by atoms with van der Waals surface area (Å²) in [5.41, 5.74) is 1.48. The second-order valence-electron chi connectivity index (χ2n) is 3.13. The van der Waals surface area contributed by atoms with Crippen molar-refractivity contribution in [1.82, 2.24) is 0 Å². The molecular formula is C11H9NO3. The highest BCUT2D eigenvalue weighted by molar-refractivity contribution is 5.85. The number of hydrogen-bond acceptors (Lipinski definition) is 3. The van der Waals surface area contributed by atoms with Crippen LogP contribution in [0.4, 0.5) is 0 Å². The summed E-state index contributed by atoms with van der Waals surface area (Å²) in [6, 6.07) is 5.11. The minimum Gasteiger partial charge on any atom is -0.481 e. The summed E-state index contributed by atoms with van der Waals surface area (Å²) in [4.78, 5) is 21.3. The second kappa shape index (κ2) is 4.38. The first kappa shape index (κ1) is 10.9. The van der Waals surface area contributed by atoms with Gasteiger partial charge in [-0.15, -0.1) is 0 Å². The third kappa shape index (κ3) is 2.20. The van der Waals surface area contributed by atoms with Gasteiger partial charge in [0.25, 0.3) is 0 Å². The van der Waals surface area contributed by atoms with E-state index < -0.39 is 5.97 Å². The van der Waals surface area contributed by atoms with Crippen molar-refractivity contribution in [3.63, 3.8) is 0 Å². The Kier molecular flexibility index (Phi) is 3.19. The highest BCUT2D eigenvalue weighted by Gasteiger charge is 2.12. The number of carboxylic acids is 1. The van der Waals surface area contributed by atoms with Gasteiger partial charge in [-0.3, -0.25) is 9.59 Å². The fourth-order valence-corrected chi connectivity index (χ4v) is 1.37. The Morgan fingerprint density at radius 1 is 1.60 bits per heavy atom. The lowest BCUT2D eigenvalue weighted by Gasteiger charge is -2.06. The molecule has 0 aliphatic rings. The molecule has 0 aromatic heterocycles. The van der Waals surface area contributed by atoms with Gasteiger partial charge in [-0.05, 0) is 18.1 Å². The minimum absolute atomic E-state index is 0.180. The average molecular weight is 203 g/mol. The van der Waals surface area contributed by atoms with Crippen LogP contribution in [0.3, 0.4) is 0 Å². The van der Waals surface area contributed by atoms with E-state index in [1.54, 1.807) is 19.1 Å². The summed E-state index contributed by atoms with van der Waals surface area (Å²) in [5, 5.41) is 17.5. The highest BCUT2D eigenvalue weighted by Crippen LogP contribution is 2.17. The van der Waals surface area contributed by atoms with Crippen molar-refractivity contribution < 1.29 is 14.7 Å². The number of nitriles is 1. The van der Waals surface area contributed by atoms with Crippen LogP contribution in [0, 0.1) is 18.3 Å². The molecule has 1 aromatic rings. The van der Waals surface area contributed by atoms with Crippen molar-refractivity contribution in [1.29, 1.82) is 5.26 Å². The molecule has 0 fully saturated rings. The van der Waals surface area contributed by atoms with Crippen LogP contribution in [0.15, 0.2) is 12.1 Å². The number of aldehydes is 1. The Hall–Kier alpha value is -2.15. The van der Waals surface area contributed by atoms with Crippen LogP contribution < -0.4 is 0 Å². The van der Waals surface area contributed by atoms with E-state index in [0.717, 1.165) is 0 Å². The number of aliphatic carboxylic acids is 1. The van der Waals surface area contributed by atoms with E-state index in [-0.39, 0.29) is 17.5 Å². The van der Waals surface area contributed by atoms with Crippen LogP contribution in [0.1, 0.15) is 27.0 Å². The lowest BCUT2D eigenvalue weighted by molar-refractivity contribution is -0.136. The van der Waals surface area contributed by atoms with E-state index in [0.29, 0.717) is 17.4 Å². The summed E-state index contributed by atoms with van der Waals surface area (Å²) >= 11 is 0. The van der Waals surface area contributed by atoms with Crippen molar-refractivity contribution >= 4 is 12.3 Å². The number of aryl methyl sites for hydroxylation is 1. The van der Waals surface area contributed by atoms with E-state index in [9.17, 15) is 9.59 Å². The standard InChI is InChI=1S/C11H9NO3/c1-7-2-3-8(4-11(14)15)10(6-13)9(7)5-12/h2-3,6H,4H2,1H3,(H,14,15). The molecule has 0 amide bonds. The third-order valence-corrected chi connectivity index (χ3v) is 2.12. The maximum atomic E-state index is 10.8. The molecule has 15 heavy (non-hydrogen) atoms. The normalized spacial score (nSPS) is 9.33. The molecule has 0 spiro atoms. The van der Waals surface area contributed by atoms with Crippen LogP contribution in [-0.2, 0) is 11.2 Å². The van der Waals surface area contributed by atoms with Gasteiger partial charge in [0.15, 0.2) is 6.29 Å². The van der Waals surface area contributed by atoms with Crippen molar-refractivity contribution in [2.24, 2.45) is 0 Å². The lowest BCUT2D eigenvalue weighted by Crippen LogP contribution is -2.05. The van der Waals surface area contributed by atoms with Gasteiger partial charge in [0.05, 0.1) is 12.0 Å². The quantitative estimate of drug-likeness (QED) is 0.751. The maximum Gasteiger partial charge on any atom is 0.307 e. The van der Waals surface area contributed by atoms with Gasteiger partial charge in [-0.25, -0.2) is 0 Å². The molecule has 1 rings (SSSR count). The molecule has 0 aliphatic carbocycles. The molecule has 76 valence electrons. The van der Waals surface area contributed by atoms with Crippen LogP contribution in [-0.4, -0.2) is 17.4 Å². The number of carbonyl (C=O) groups is 2. The predicted molar refractivity (Wildman–Crippen MR) is 52.6 cm³/mol. The van der Waals surface area contributed by atoms with E-state index in [4.69, 9.17) is 10.4 Å². The van der Waals surface area contributed by atoms with Crippen LogP contribution >= 0.6 is 0 Å². The summed E-state index contributed by atoms with van der Waals surface area (Å²) in [6.07, 6.45) is 0.285. The van der Waals surface area contributed by atoms with Crippen molar-refractivity contribution in [3.05, 3.63) is 34.4 Å². The highest BCUT2D eigenvalue weighted by atomic mass is 16.4. The van der Waals surface area contributed by atoms with Gasteiger partial charge in [-0.1, -0.05) is 12.1 Å². The first-order valence-corrected chi connectivity index (χ1v) is 4.29. The molecule has 1 N–H and O–H groups in total. The van der Waals surface area contributed by atoms with E-state index in [1.807, 2.05) is 6.07 Å². The fraction of sp³-hybridized carbons (Fsp3) is 0.182. The number of hydrogen-bond donors (Lipinski definition) is 1. The molecule has 4 nitrogen and oxygen atoms in total. The minimum atomic E-state index is -1.02. The van der Waals surface area contributed by atoms with Gasteiger partial charge < -0.3 is 5.11 Å². The topological polar surface area (TPSA) is 78.2 Å². The number of nitrogens with zero attached hydrogens (tertiary/aromatic N) is 1. The van der Waals surface area contributed by atoms with Crippen molar-refractivity contribution in [2.75, 3.05) is 0 Å². The molecule has 0 atom stereocenters. The molecule has 0 aliphatic heterocycles. The summed E-state index contributed by atoms with van der Waals surface area (Å²) in [7, 11) is 0. The Bertz CT molecular complexity index is 458. The SMILES string of the molecule is Cc1ccc(CC(=O)O)c(C=O)c1C#N.